The van der Waals surface area contributed by atoms with Crippen molar-refractivity contribution in [2.75, 3.05) is 21.3 Å². The van der Waals surface area contributed by atoms with Gasteiger partial charge in [-0.25, -0.2) is 14.8 Å². The van der Waals surface area contributed by atoms with Gasteiger partial charge >= 0.3 is 5.97 Å². The number of ether oxygens (including phenoxy) is 3. The third kappa shape index (κ3) is 3.64. The molecule has 0 spiro atoms. The maximum Gasteiger partial charge on any atom is 0.329 e. The van der Waals surface area contributed by atoms with E-state index in [9.17, 15) is 4.79 Å². The van der Waals surface area contributed by atoms with Crippen LogP contribution in [0.3, 0.4) is 0 Å². The monoisotopic (exact) mass is 370 g/mol. The third-order valence-corrected chi connectivity index (χ3v) is 4.31. The Labute approximate surface area is 157 Å². The topological polar surface area (TPSA) is 91.3 Å². The molecule has 2 heterocycles. The second-order valence-corrected chi connectivity index (χ2v) is 6.03. The molecule has 0 saturated carbocycles. The Hall–Kier alpha value is -3.29. The fraction of sp³-hybridized carbons (Fsp3) is 0.316. The normalized spacial score (nSPS) is 11.9. The van der Waals surface area contributed by atoms with Gasteiger partial charge in [0.2, 0.25) is 0 Å². The maximum absolute atomic E-state index is 12.5. The average Bonchev–Trinajstić information content (AvgIpc) is 3.36. The molecule has 0 aliphatic carbocycles. The maximum atomic E-state index is 12.5. The lowest BCUT2D eigenvalue weighted by molar-refractivity contribution is -0.144. The summed E-state index contributed by atoms with van der Waals surface area (Å²) in [5.41, 5.74) is 2.54. The standard InChI is InChI=1S/C19H22N4O4/c1-12-7-14(17(26-3)16(8-12)25-2)18-21-5-6-23(18)15(19(24)27-4)9-13-10-20-11-22-13/h5-8,10-11,15H,9H2,1-4H3,(H,20,22)/t15-/m0/s1. The van der Waals surface area contributed by atoms with Gasteiger partial charge in [-0.1, -0.05) is 0 Å². The van der Waals surface area contributed by atoms with Gasteiger partial charge in [0.1, 0.15) is 11.9 Å². The molecule has 1 N–H and O–H groups in total. The predicted octanol–water partition coefficient (Wildman–Crippen LogP) is 2.56. The Kier molecular flexibility index (Phi) is 5.44. The van der Waals surface area contributed by atoms with E-state index in [0.29, 0.717) is 23.7 Å². The van der Waals surface area contributed by atoms with E-state index in [1.54, 1.807) is 43.7 Å². The van der Waals surface area contributed by atoms with E-state index in [1.807, 2.05) is 19.1 Å². The highest BCUT2D eigenvalue weighted by atomic mass is 16.5. The number of benzene rings is 1. The quantitative estimate of drug-likeness (QED) is 0.643. The van der Waals surface area contributed by atoms with Crippen molar-refractivity contribution in [3.63, 3.8) is 0 Å². The highest BCUT2D eigenvalue weighted by Gasteiger charge is 2.27. The lowest BCUT2D eigenvalue weighted by atomic mass is 10.1. The zero-order chi connectivity index (χ0) is 19.4. The van der Waals surface area contributed by atoms with Crippen molar-refractivity contribution in [1.29, 1.82) is 0 Å². The van der Waals surface area contributed by atoms with Crippen LogP contribution in [-0.2, 0) is 16.0 Å². The number of aryl methyl sites for hydroxylation is 1. The number of nitrogens with one attached hydrogen (secondary N) is 1. The number of imidazole rings is 2. The van der Waals surface area contributed by atoms with Gasteiger partial charge in [0.25, 0.3) is 0 Å². The Bertz CT molecular complexity index is 918. The Morgan fingerprint density at radius 1 is 1.26 bits per heavy atom. The van der Waals surface area contributed by atoms with Gasteiger partial charge < -0.3 is 23.8 Å². The average molecular weight is 370 g/mol. The van der Waals surface area contributed by atoms with Gasteiger partial charge in [-0.15, -0.1) is 0 Å². The Morgan fingerprint density at radius 3 is 2.70 bits per heavy atom. The highest BCUT2D eigenvalue weighted by molar-refractivity contribution is 5.77. The van der Waals surface area contributed by atoms with Crippen molar-refractivity contribution >= 4 is 5.97 Å². The number of carbonyl (C=O) groups excluding carboxylic acids is 1. The van der Waals surface area contributed by atoms with Crippen LogP contribution in [0.5, 0.6) is 11.5 Å². The molecule has 3 rings (SSSR count). The molecule has 2 aromatic heterocycles. The number of esters is 1. The van der Waals surface area contributed by atoms with Gasteiger partial charge in [0, 0.05) is 30.7 Å². The number of aromatic nitrogens is 4. The van der Waals surface area contributed by atoms with Gasteiger partial charge in [-0.2, -0.15) is 0 Å². The van der Waals surface area contributed by atoms with Crippen LogP contribution in [0.1, 0.15) is 17.3 Å². The first kappa shape index (κ1) is 18.5. The van der Waals surface area contributed by atoms with Crippen molar-refractivity contribution in [3.8, 4) is 22.9 Å². The van der Waals surface area contributed by atoms with E-state index in [0.717, 1.165) is 16.8 Å². The summed E-state index contributed by atoms with van der Waals surface area (Å²) in [5.74, 6) is 1.37. The number of H-pyrrole nitrogens is 1. The number of nitrogens with zero attached hydrogens (tertiary/aromatic N) is 3. The van der Waals surface area contributed by atoms with E-state index < -0.39 is 6.04 Å². The lowest BCUT2D eigenvalue weighted by Crippen LogP contribution is -2.23. The van der Waals surface area contributed by atoms with E-state index in [2.05, 4.69) is 15.0 Å². The minimum absolute atomic E-state index is 0.373. The summed E-state index contributed by atoms with van der Waals surface area (Å²) in [7, 11) is 4.53. The molecule has 0 radical (unpaired) electrons. The Morgan fingerprint density at radius 2 is 2.07 bits per heavy atom. The van der Waals surface area contributed by atoms with Crippen LogP contribution in [0.25, 0.3) is 11.4 Å². The van der Waals surface area contributed by atoms with Gasteiger partial charge in [-0.3, -0.25) is 0 Å². The summed E-state index contributed by atoms with van der Waals surface area (Å²) in [5, 5.41) is 0. The van der Waals surface area contributed by atoms with E-state index in [-0.39, 0.29) is 5.97 Å². The van der Waals surface area contributed by atoms with Crippen LogP contribution < -0.4 is 9.47 Å². The smallest absolute Gasteiger partial charge is 0.329 e. The minimum atomic E-state index is -0.607. The van der Waals surface area contributed by atoms with Gasteiger partial charge in [0.05, 0.1) is 33.2 Å². The molecule has 0 amide bonds. The molecule has 1 atom stereocenters. The molecule has 0 unspecified atom stereocenters. The fourth-order valence-corrected chi connectivity index (χ4v) is 3.08. The molecular weight excluding hydrogens is 348 g/mol. The largest absolute Gasteiger partial charge is 0.493 e. The first-order chi connectivity index (χ1) is 13.1. The van der Waals surface area contributed by atoms with Gasteiger partial charge in [0.15, 0.2) is 11.5 Å². The highest BCUT2D eigenvalue weighted by Crippen LogP contribution is 2.39. The second-order valence-electron chi connectivity index (χ2n) is 6.03. The molecule has 0 saturated heterocycles. The summed E-state index contributed by atoms with van der Waals surface area (Å²) < 4.78 is 17.8. The molecule has 8 heteroatoms. The molecule has 142 valence electrons. The predicted molar refractivity (Wildman–Crippen MR) is 98.8 cm³/mol. The van der Waals surface area contributed by atoms with Crippen LogP contribution in [0.4, 0.5) is 0 Å². The lowest BCUT2D eigenvalue weighted by Gasteiger charge is -2.20. The zero-order valence-electron chi connectivity index (χ0n) is 15.7. The molecule has 0 bridgehead atoms. The zero-order valence-corrected chi connectivity index (χ0v) is 15.7. The number of hydrogen-bond acceptors (Lipinski definition) is 6. The fourth-order valence-electron chi connectivity index (χ4n) is 3.08. The van der Waals surface area contributed by atoms with Crippen molar-refractivity contribution < 1.29 is 19.0 Å². The molecule has 1 aromatic carbocycles. The van der Waals surface area contributed by atoms with Crippen molar-refractivity contribution in [2.24, 2.45) is 0 Å². The van der Waals surface area contributed by atoms with Crippen LogP contribution in [0, 0.1) is 6.92 Å². The van der Waals surface area contributed by atoms with Gasteiger partial charge in [-0.05, 0) is 24.6 Å². The number of methoxy groups -OCH3 is 3. The van der Waals surface area contributed by atoms with Crippen LogP contribution in [-0.4, -0.2) is 46.8 Å². The van der Waals surface area contributed by atoms with Crippen molar-refractivity contribution in [2.45, 2.75) is 19.4 Å². The number of rotatable bonds is 7. The SMILES string of the molecule is COC(=O)[C@H](Cc1cnc[nH]1)n1ccnc1-c1cc(C)cc(OC)c1OC. The van der Waals surface area contributed by atoms with Crippen LogP contribution in [0.2, 0.25) is 0 Å². The molecule has 0 aliphatic heterocycles. The minimum Gasteiger partial charge on any atom is -0.493 e. The summed E-state index contributed by atoms with van der Waals surface area (Å²) in [6, 6.07) is 3.23. The molecular formula is C19H22N4O4. The molecule has 0 fully saturated rings. The number of carbonyl (C=O) groups is 1. The summed E-state index contributed by atoms with van der Waals surface area (Å²) in [6.07, 6.45) is 7.05. The summed E-state index contributed by atoms with van der Waals surface area (Å²) in [4.78, 5) is 24.0. The van der Waals surface area contributed by atoms with E-state index in [1.165, 1.54) is 7.11 Å². The first-order valence-electron chi connectivity index (χ1n) is 8.40. The Balaban J connectivity index is 2.11. The molecule has 27 heavy (non-hydrogen) atoms. The van der Waals surface area contributed by atoms with Crippen LogP contribution >= 0.6 is 0 Å². The van der Waals surface area contributed by atoms with E-state index >= 15 is 0 Å². The van der Waals surface area contributed by atoms with Crippen molar-refractivity contribution in [1.82, 2.24) is 19.5 Å². The second kappa shape index (κ2) is 7.94. The van der Waals surface area contributed by atoms with Crippen LogP contribution in [0.15, 0.2) is 37.1 Å². The third-order valence-electron chi connectivity index (χ3n) is 4.31. The first-order valence-corrected chi connectivity index (χ1v) is 8.40. The number of hydrogen-bond donors (Lipinski definition) is 1. The molecule has 8 nitrogen and oxygen atoms in total. The summed E-state index contributed by atoms with van der Waals surface area (Å²) in [6.45, 7) is 1.96. The molecule has 3 aromatic rings. The van der Waals surface area contributed by atoms with E-state index in [4.69, 9.17) is 14.2 Å². The van der Waals surface area contributed by atoms with Crippen molar-refractivity contribution in [3.05, 3.63) is 48.3 Å². The molecule has 0 aliphatic rings. The number of aromatic amines is 1. The summed E-state index contributed by atoms with van der Waals surface area (Å²) >= 11 is 0.